The number of hydrogen-bond acceptors (Lipinski definition) is 3. The van der Waals surface area contributed by atoms with Crippen LogP contribution in [0, 0.1) is 0 Å². The highest BCUT2D eigenvalue weighted by molar-refractivity contribution is 6.03. The summed E-state index contributed by atoms with van der Waals surface area (Å²) in [5.74, 6) is 1.67. The molecule has 0 radical (unpaired) electrons. The van der Waals surface area contributed by atoms with Crippen LogP contribution in [0.1, 0.15) is 25.8 Å². The van der Waals surface area contributed by atoms with Gasteiger partial charge in [0.1, 0.15) is 11.5 Å². The van der Waals surface area contributed by atoms with Crippen LogP contribution in [0.5, 0.6) is 17.4 Å². The van der Waals surface area contributed by atoms with Crippen molar-refractivity contribution in [1.82, 2.24) is 4.98 Å². The van der Waals surface area contributed by atoms with Gasteiger partial charge in [-0.2, -0.15) is 0 Å². The number of hydrogen-bond donors (Lipinski definition) is 2. The molecule has 4 heteroatoms. The molecule has 2 N–H and O–H groups in total. The van der Waals surface area contributed by atoms with Gasteiger partial charge >= 0.3 is 0 Å². The van der Waals surface area contributed by atoms with Gasteiger partial charge in [-0.1, -0.05) is 62.1 Å². The van der Waals surface area contributed by atoms with E-state index in [1.807, 2.05) is 91.9 Å². The minimum absolute atomic E-state index is 0.0894. The third-order valence-corrected chi connectivity index (χ3v) is 5.46. The molecule has 0 bridgehead atoms. The Morgan fingerprint density at radius 3 is 2.38 bits per heavy atom. The van der Waals surface area contributed by atoms with Gasteiger partial charge in [-0.05, 0) is 73.0 Å². The molecule has 34 heavy (non-hydrogen) atoms. The van der Waals surface area contributed by atoms with Crippen LogP contribution in [0.3, 0.4) is 0 Å². The van der Waals surface area contributed by atoms with E-state index in [0.29, 0.717) is 11.3 Å². The minimum atomic E-state index is 0.0894. The maximum atomic E-state index is 10.8. The molecular formula is C30H28N2O2. The molecule has 0 unspecified atom stereocenters. The van der Waals surface area contributed by atoms with Gasteiger partial charge in [0.2, 0.25) is 0 Å². The Hall–Kier alpha value is -4.31. The summed E-state index contributed by atoms with van der Waals surface area (Å²) < 4.78 is 5.91. The summed E-state index contributed by atoms with van der Waals surface area (Å²) in [5, 5.41) is 11.6. The molecule has 0 spiro atoms. The van der Waals surface area contributed by atoms with E-state index in [2.05, 4.69) is 24.6 Å². The lowest BCUT2D eigenvalue weighted by molar-refractivity contribution is 0.457. The Labute approximate surface area is 200 Å². The average molecular weight is 449 g/mol. The van der Waals surface area contributed by atoms with Crippen LogP contribution in [-0.4, -0.2) is 15.8 Å². The number of aromatic nitrogens is 1. The van der Waals surface area contributed by atoms with Crippen molar-refractivity contribution < 1.29 is 9.84 Å². The Balaban J connectivity index is 1.72. The fourth-order valence-corrected chi connectivity index (χ4v) is 3.83. The topological polar surface area (TPSA) is 57.6 Å². The molecule has 4 rings (SSSR count). The molecule has 1 aromatic heterocycles. The minimum Gasteiger partial charge on any atom is -0.494 e. The zero-order valence-electron chi connectivity index (χ0n) is 19.5. The number of aliphatic imine (C=N–C) groups is 1. The van der Waals surface area contributed by atoms with E-state index in [9.17, 15) is 5.11 Å². The second-order valence-corrected chi connectivity index (χ2v) is 7.79. The number of fused-ring (bicyclic) bond motifs is 1. The molecule has 3 aromatic carbocycles. The van der Waals surface area contributed by atoms with Crippen LogP contribution in [0.2, 0.25) is 0 Å². The first-order chi connectivity index (χ1) is 16.6. The van der Waals surface area contributed by atoms with Gasteiger partial charge in [0.05, 0.1) is 11.3 Å². The largest absolute Gasteiger partial charge is 0.494 e. The first kappa shape index (κ1) is 22.9. The van der Waals surface area contributed by atoms with Gasteiger partial charge in [-0.25, -0.2) is 0 Å². The lowest BCUT2D eigenvalue weighted by atomic mass is 10.0. The summed E-state index contributed by atoms with van der Waals surface area (Å²) in [6, 6.07) is 23.8. The highest BCUT2D eigenvalue weighted by Gasteiger charge is 2.16. The van der Waals surface area contributed by atoms with E-state index in [4.69, 9.17) is 9.73 Å². The summed E-state index contributed by atoms with van der Waals surface area (Å²) in [6.07, 6.45) is 8.24. The molecular weight excluding hydrogens is 420 g/mol. The Bertz CT molecular complexity index is 1370. The predicted molar refractivity (Wildman–Crippen MR) is 143 cm³/mol. The van der Waals surface area contributed by atoms with E-state index in [1.165, 1.54) is 0 Å². The number of aromatic amines is 1. The summed E-state index contributed by atoms with van der Waals surface area (Å²) in [4.78, 5) is 7.88. The molecule has 0 aliphatic carbocycles. The number of para-hydroxylation sites is 1. The summed E-state index contributed by atoms with van der Waals surface area (Å²) in [6.45, 7) is 7.86. The average Bonchev–Trinajstić information content (AvgIpc) is 3.19. The molecule has 4 nitrogen and oxygen atoms in total. The Morgan fingerprint density at radius 2 is 1.71 bits per heavy atom. The third kappa shape index (κ3) is 5.02. The second-order valence-electron chi connectivity index (χ2n) is 7.79. The molecule has 0 saturated heterocycles. The number of allylic oxidation sites excluding steroid dienone is 4. The monoisotopic (exact) mass is 448 g/mol. The zero-order chi connectivity index (χ0) is 23.9. The van der Waals surface area contributed by atoms with Crippen molar-refractivity contribution in [3.05, 3.63) is 109 Å². The van der Waals surface area contributed by atoms with E-state index in [1.54, 1.807) is 6.08 Å². The number of benzene rings is 3. The van der Waals surface area contributed by atoms with Gasteiger partial charge in [0.15, 0.2) is 5.88 Å². The summed E-state index contributed by atoms with van der Waals surface area (Å²) in [5.41, 5.74) is 5.18. The number of H-pyrrole nitrogens is 1. The molecule has 0 fully saturated rings. The van der Waals surface area contributed by atoms with E-state index >= 15 is 0 Å². The lowest BCUT2D eigenvalue weighted by Gasteiger charge is -2.08. The highest BCUT2D eigenvalue weighted by Crippen LogP contribution is 2.37. The van der Waals surface area contributed by atoms with Crippen molar-refractivity contribution in [3.8, 4) is 28.5 Å². The van der Waals surface area contributed by atoms with Crippen LogP contribution < -0.4 is 4.74 Å². The maximum absolute atomic E-state index is 10.8. The molecule has 0 aliphatic rings. The van der Waals surface area contributed by atoms with E-state index < -0.39 is 0 Å². The third-order valence-electron chi connectivity index (χ3n) is 5.46. The van der Waals surface area contributed by atoms with E-state index in [0.717, 1.165) is 45.7 Å². The Morgan fingerprint density at radius 1 is 1.00 bits per heavy atom. The molecule has 0 saturated carbocycles. The van der Waals surface area contributed by atoms with Crippen LogP contribution in [0.4, 0.5) is 0 Å². The zero-order valence-corrected chi connectivity index (χ0v) is 19.5. The molecule has 1 heterocycles. The van der Waals surface area contributed by atoms with Crippen molar-refractivity contribution in [2.45, 2.75) is 20.3 Å². The van der Waals surface area contributed by atoms with Crippen LogP contribution >= 0.6 is 0 Å². The smallest absolute Gasteiger partial charge is 0.199 e. The summed E-state index contributed by atoms with van der Waals surface area (Å²) >= 11 is 0. The highest BCUT2D eigenvalue weighted by atomic mass is 16.5. The fourth-order valence-electron chi connectivity index (χ4n) is 3.83. The molecule has 4 aromatic rings. The van der Waals surface area contributed by atoms with Gasteiger partial charge in [-0.3, -0.25) is 4.99 Å². The van der Waals surface area contributed by atoms with Crippen LogP contribution in [-0.2, 0) is 0 Å². The van der Waals surface area contributed by atoms with Gasteiger partial charge in [0, 0.05) is 16.6 Å². The lowest BCUT2D eigenvalue weighted by Crippen LogP contribution is -1.92. The van der Waals surface area contributed by atoms with Crippen molar-refractivity contribution in [3.63, 3.8) is 0 Å². The van der Waals surface area contributed by atoms with E-state index in [-0.39, 0.29) is 5.88 Å². The molecule has 0 atom stereocenters. The predicted octanol–water partition coefficient (Wildman–Crippen LogP) is 8.29. The standard InChI is InChI=1S/C30H28N2O2/c1-4-10-23(6-3)31-28(11-5-2)29-26-20-22(16-19-27(26)32-30(29)33)21-14-17-25(18-15-21)34-24-12-8-7-9-13-24/h4-5,7-20,32-33H,2,6H2,1,3H3/b10-4-,28-11-,31-23-. The van der Waals surface area contributed by atoms with Crippen LogP contribution in [0.15, 0.2) is 109 Å². The quantitative estimate of drug-likeness (QED) is 0.210. The maximum Gasteiger partial charge on any atom is 0.199 e. The first-order valence-corrected chi connectivity index (χ1v) is 11.3. The Kier molecular flexibility index (Phi) is 7.09. The number of nitrogens with one attached hydrogen (secondary N) is 1. The second kappa shape index (κ2) is 10.5. The molecule has 0 aliphatic heterocycles. The van der Waals surface area contributed by atoms with Crippen LogP contribution in [0.25, 0.3) is 27.7 Å². The fraction of sp³-hybridized carbons (Fsp3) is 0.100. The van der Waals surface area contributed by atoms with Crippen molar-refractivity contribution in [2.24, 2.45) is 4.99 Å². The van der Waals surface area contributed by atoms with Crippen molar-refractivity contribution >= 4 is 22.3 Å². The van der Waals surface area contributed by atoms with Gasteiger partial charge in [0.25, 0.3) is 0 Å². The first-order valence-electron chi connectivity index (χ1n) is 11.3. The summed E-state index contributed by atoms with van der Waals surface area (Å²) in [7, 11) is 0. The normalized spacial score (nSPS) is 12.4. The number of nitrogens with zero attached hydrogens (tertiary/aromatic N) is 1. The van der Waals surface area contributed by atoms with Crippen molar-refractivity contribution in [2.75, 3.05) is 0 Å². The number of rotatable bonds is 8. The number of ether oxygens (including phenoxy) is 1. The number of aromatic hydroxyl groups is 1. The van der Waals surface area contributed by atoms with Crippen molar-refractivity contribution in [1.29, 1.82) is 0 Å². The van der Waals surface area contributed by atoms with Gasteiger partial charge in [-0.15, -0.1) is 0 Å². The molecule has 0 amide bonds. The van der Waals surface area contributed by atoms with Gasteiger partial charge < -0.3 is 14.8 Å². The SMILES string of the molecule is C=C\C=C(/N=C(\C=C/C)CC)c1c(O)[nH]c2ccc(-c3ccc(Oc4ccccc4)cc3)cc12. The molecule has 170 valence electrons.